The molecule has 0 saturated carbocycles. The van der Waals surface area contributed by atoms with Crippen LogP contribution in [0.3, 0.4) is 0 Å². The SMILES string of the molecule is Cc1ccccc1CN1CCN(c2nc(-c3ccc(C#N)cc3)ns2)CC1.Cc1ccccc1CN1CCN(c2nc(-c3cccc(C#N)c3)ns2)CC1.Fc1ccc(CCN2CCN(c3nc(-c4ccc(Cl)cc4)ns3)CC2)cc1F. The van der Waals surface area contributed by atoms with Crippen LogP contribution in [0, 0.1) is 48.1 Å². The van der Waals surface area contributed by atoms with Crippen molar-refractivity contribution in [2.75, 3.05) is 99.8 Å². The molecule has 0 amide bonds. The van der Waals surface area contributed by atoms with Gasteiger partial charge in [0.15, 0.2) is 29.1 Å². The van der Waals surface area contributed by atoms with Gasteiger partial charge in [-0.2, -0.15) is 38.6 Å². The summed E-state index contributed by atoms with van der Waals surface area (Å²) in [5.74, 6) is 0.580. The number of hydrogen-bond acceptors (Lipinski definition) is 17. The largest absolute Gasteiger partial charge is 0.344 e. The molecule has 0 atom stereocenters. The fourth-order valence-corrected chi connectivity index (χ4v) is 12.1. The summed E-state index contributed by atoms with van der Waals surface area (Å²) in [6, 6.07) is 48.0. The quantitative estimate of drug-likeness (QED) is 0.108. The van der Waals surface area contributed by atoms with Crippen LogP contribution in [-0.2, 0) is 19.5 Å². The highest BCUT2D eigenvalue weighted by Crippen LogP contribution is 2.29. The summed E-state index contributed by atoms with van der Waals surface area (Å²) in [5.41, 5.74) is 10.4. The number of nitrogens with zero attached hydrogens (tertiary/aromatic N) is 14. The van der Waals surface area contributed by atoms with Crippen molar-refractivity contribution in [2.45, 2.75) is 33.4 Å². The molecule has 418 valence electrons. The van der Waals surface area contributed by atoms with Gasteiger partial charge in [0.25, 0.3) is 0 Å². The second-order valence-corrected chi connectivity index (χ2v) is 22.9. The van der Waals surface area contributed by atoms with E-state index in [0.717, 1.165) is 147 Å². The van der Waals surface area contributed by atoms with Gasteiger partial charge >= 0.3 is 0 Å². The number of aryl methyl sites for hydroxylation is 2. The highest BCUT2D eigenvalue weighted by molar-refractivity contribution is 7.10. The Morgan fingerprint density at radius 3 is 1.38 bits per heavy atom. The molecule has 14 nitrogen and oxygen atoms in total. The molecule has 0 unspecified atom stereocenters. The van der Waals surface area contributed by atoms with Crippen molar-refractivity contribution >= 4 is 61.6 Å². The number of anilines is 3. The Labute approximate surface area is 495 Å². The van der Waals surface area contributed by atoms with Gasteiger partial charge < -0.3 is 14.7 Å². The average Bonchev–Trinajstić information content (AvgIpc) is 4.43. The maximum atomic E-state index is 13.3. The van der Waals surface area contributed by atoms with E-state index in [-0.39, 0.29) is 0 Å². The molecule has 9 aromatic rings. The molecule has 6 aromatic carbocycles. The third-order valence-electron chi connectivity index (χ3n) is 14.8. The van der Waals surface area contributed by atoms with Crippen molar-refractivity contribution in [2.24, 2.45) is 0 Å². The molecule has 3 fully saturated rings. The molecule has 0 bridgehead atoms. The molecule has 3 aromatic heterocycles. The third kappa shape index (κ3) is 15.3. The molecule has 12 rings (SSSR count). The standard InChI is InChI=1S/2C21H21N5S.C20H19ClF2N4S/c1-16-5-2-3-7-19(16)15-25-9-11-26(12-10-25)21-23-20(24-27-21)18-8-4-6-17(13-18)14-22;1-16-4-2-3-5-19(16)15-25-10-12-26(13-11-25)21-23-20(24-27-21)18-8-6-17(14-22)7-9-18;21-16-4-2-15(3-5-16)19-24-20(28-25-19)27-11-9-26(10-12-27)8-7-14-1-6-17(22)18(23)13-14/h2-8,13H,9-12,15H2,1H3;2-9H,10-13,15H2,1H3;1-6,13H,7-12H2. The predicted molar refractivity (Wildman–Crippen MR) is 327 cm³/mol. The highest BCUT2D eigenvalue weighted by atomic mass is 35.5. The zero-order chi connectivity index (χ0) is 56.8. The van der Waals surface area contributed by atoms with Crippen molar-refractivity contribution < 1.29 is 8.78 Å². The lowest BCUT2D eigenvalue weighted by molar-refractivity contribution is 0.249. The Hall–Kier alpha value is -7.59. The second-order valence-electron chi connectivity index (χ2n) is 20.3. The van der Waals surface area contributed by atoms with Crippen LogP contribution < -0.4 is 14.7 Å². The van der Waals surface area contributed by atoms with E-state index in [1.54, 1.807) is 24.3 Å². The molecule has 0 N–H and O–H groups in total. The van der Waals surface area contributed by atoms with Gasteiger partial charge in [-0.15, -0.1) is 0 Å². The van der Waals surface area contributed by atoms with Crippen molar-refractivity contribution in [1.82, 2.24) is 42.8 Å². The lowest BCUT2D eigenvalue weighted by Crippen LogP contribution is -2.47. The molecular weight excluding hydrogens is 1110 g/mol. The monoisotopic (exact) mass is 1170 g/mol. The van der Waals surface area contributed by atoms with Gasteiger partial charge in [-0.3, -0.25) is 14.7 Å². The zero-order valence-corrected chi connectivity index (χ0v) is 48.9. The number of hydrogen-bond donors (Lipinski definition) is 0. The molecule has 3 aliphatic heterocycles. The Kier molecular flexibility index (Phi) is 19.6. The Morgan fingerprint density at radius 1 is 0.463 bits per heavy atom. The normalized spacial score (nSPS) is 15.0. The Balaban J connectivity index is 0.000000138. The fraction of sp³-hybridized carbons (Fsp3) is 0.290. The second kappa shape index (κ2) is 27.9. The average molecular weight is 1170 g/mol. The minimum Gasteiger partial charge on any atom is -0.344 e. The summed E-state index contributed by atoms with van der Waals surface area (Å²) >= 11 is 10.2. The summed E-state index contributed by atoms with van der Waals surface area (Å²) in [6.07, 6.45) is 0.705. The van der Waals surface area contributed by atoms with E-state index in [1.807, 2.05) is 54.6 Å². The van der Waals surface area contributed by atoms with Gasteiger partial charge in [0.1, 0.15) is 0 Å². The number of aromatic nitrogens is 6. The maximum Gasteiger partial charge on any atom is 0.205 e. The summed E-state index contributed by atoms with van der Waals surface area (Å²) in [6.45, 7) is 18.7. The van der Waals surface area contributed by atoms with Crippen LogP contribution in [-0.4, -0.2) is 128 Å². The van der Waals surface area contributed by atoms with E-state index >= 15 is 0 Å². The van der Waals surface area contributed by atoms with Crippen LogP contribution in [0.5, 0.6) is 0 Å². The summed E-state index contributed by atoms with van der Waals surface area (Å²) in [5, 5.41) is 21.5. The van der Waals surface area contributed by atoms with Crippen molar-refractivity contribution in [3.63, 3.8) is 0 Å². The zero-order valence-electron chi connectivity index (χ0n) is 45.7. The summed E-state index contributed by atoms with van der Waals surface area (Å²) in [4.78, 5) is 28.3. The number of rotatable bonds is 13. The number of halogens is 3. The number of nitriles is 2. The van der Waals surface area contributed by atoms with Gasteiger partial charge in [-0.05, 0) is 121 Å². The predicted octanol–water partition coefficient (Wildman–Crippen LogP) is 11.9. The van der Waals surface area contributed by atoms with Crippen molar-refractivity contribution in [3.8, 4) is 46.3 Å². The molecule has 0 aliphatic carbocycles. The van der Waals surface area contributed by atoms with Crippen LogP contribution in [0.2, 0.25) is 5.02 Å². The molecule has 20 heteroatoms. The van der Waals surface area contributed by atoms with Crippen LogP contribution in [0.4, 0.5) is 24.2 Å². The molecule has 3 saturated heterocycles. The van der Waals surface area contributed by atoms with Gasteiger partial charge in [-0.25, -0.2) is 8.78 Å². The van der Waals surface area contributed by atoms with Crippen molar-refractivity contribution in [3.05, 3.63) is 195 Å². The lowest BCUT2D eigenvalue weighted by Gasteiger charge is -2.34. The third-order valence-corrected chi connectivity index (χ3v) is 17.4. The van der Waals surface area contributed by atoms with Crippen LogP contribution >= 0.6 is 46.2 Å². The van der Waals surface area contributed by atoms with Crippen LogP contribution in [0.1, 0.15) is 38.9 Å². The topological polar surface area (TPSA) is 144 Å². The van der Waals surface area contributed by atoms with Gasteiger partial charge in [0.05, 0.1) is 23.3 Å². The smallest absolute Gasteiger partial charge is 0.205 e. The summed E-state index contributed by atoms with van der Waals surface area (Å²) < 4.78 is 39.8. The van der Waals surface area contributed by atoms with Crippen LogP contribution in [0.15, 0.2) is 140 Å². The first-order valence-corrected chi connectivity index (χ1v) is 30.0. The molecular formula is C62H61ClF2N14S3. The first kappa shape index (κ1) is 57.6. The molecule has 3 aliphatic rings. The minimum atomic E-state index is -0.799. The van der Waals surface area contributed by atoms with E-state index in [4.69, 9.17) is 32.1 Å². The number of piperazine rings is 3. The minimum absolute atomic E-state index is 0.633. The first-order chi connectivity index (χ1) is 40.0. The van der Waals surface area contributed by atoms with Crippen molar-refractivity contribution in [1.29, 1.82) is 10.5 Å². The van der Waals surface area contributed by atoms with Gasteiger partial charge in [0.2, 0.25) is 15.4 Å². The highest BCUT2D eigenvalue weighted by Gasteiger charge is 2.24. The van der Waals surface area contributed by atoms with Gasteiger partial charge in [-0.1, -0.05) is 78.3 Å². The number of benzene rings is 6. The molecule has 6 heterocycles. The van der Waals surface area contributed by atoms with E-state index in [2.05, 4.69) is 122 Å². The van der Waals surface area contributed by atoms with E-state index in [9.17, 15) is 8.78 Å². The first-order valence-electron chi connectivity index (χ1n) is 27.3. The maximum absolute atomic E-state index is 13.3. The summed E-state index contributed by atoms with van der Waals surface area (Å²) in [7, 11) is 0. The Bertz CT molecular complexity index is 3610. The fourth-order valence-electron chi connectivity index (χ4n) is 9.80. The van der Waals surface area contributed by atoms with E-state index in [0.29, 0.717) is 28.4 Å². The van der Waals surface area contributed by atoms with E-state index in [1.165, 1.54) is 69.0 Å². The molecule has 0 spiro atoms. The molecule has 0 radical (unpaired) electrons. The Morgan fingerprint density at radius 2 is 0.915 bits per heavy atom. The molecule has 82 heavy (non-hydrogen) atoms. The lowest BCUT2D eigenvalue weighted by atomic mass is 10.1. The van der Waals surface area contributed by atoms with Crippen LogP contribution in [0.25, 0.3) is 34.2 Å². The van der Waals surface area contributed by atoms with Gasteiger partial charge in [0, 0.05) is 154 Å². The van der Waals surface area contributed by atoms with E-state index < -0.39 is 11.6 Å².